The molecule has 0 unspecified atom stereocenters. The first kappa shape index (κ1) is 28.2. The van der Waals surface area contributed by atoms with Crippen LogP contribution >= 0.6 is 0 Å². The molecule has 10 heteroatoms. The zero-order chi connectivity index (χ0) is 23.5. The van der Waals surface area contributed by atoms with Crippen molar-refractivity contribution in [2.75, 3.05) is 0 Å². The Morgan fingerprint density at radius 2 is 0.867 bits per heavy atom. The van der Waals surface area contributed by atoms with Crippen molar-refractivity contribution in [3.05, 3.63) is 59.7 Å². The predicted molar refractivity (Wildman–Crippen MR) is 115 cm³/mol. The topological polar surface area (TPSA) is 149 Å². The molecule has 8 nitrogen and oxygen atoms in total. The monoisotopic (exact) mass is 462 g/mol. The highest BCUT2D eigenvalue weighted by Crippen LogP contribution is 2.09. The Balaban J connectivity index is 0.000000428. The molecule has 2 atom stereocenters. The fraction of sp³-hybridized carbons (Fsp3) is 0.400. The molecule has 0 amide bonds. The largest absolute Gasteiger partial charge is 0.393 e. The maximum Gasteiger partial charge on any atom is 0.294 e. The Bertz CT molecular complexity index is 865. The Hall–Kier alpha value is -1.82. The van der Waals surface area contributed by atoms with E-state index in [2.05, 4.69) is 0 Å². The number of aliphatic hydroxyl groups is 2. The summed E-state index contributed by atoms with van der Waals surface area (Å²) in [5.41, 5.74) is 1.91. The number of benzene rings is 2. The maximum absolute atomic E-state index is 10.5. The summed E-state index contributed by atoms with van der Waals surface area (Å²) in [4.78, 5) is -0.133. The molecule has 2 rings (SSSR count). The molecule has 2 aromatic carbocycles. The molecule has 0 aromatic heterocycles. The molecule has 0 heterocycles. The lowest BCUT2D eigenvalue weighted by atomic mass is 10.1. The van der Waals surface area contributed by atoms with Crippen molar-refractivity contribution in [2.24, 2.45) is 0 Å². The normalized spacial score (nSPS) is 13.2. The zero-order valence-electron chi connectivity index (χ0n) is 17.4. The van der Waals surface area contributed by atoms with Gasteiger partial charge in [0.05, 0.1) is 22.0 Å². The van der Waals surface area contributed by atoms with Gasteiger partial charge < -0.3 is 10.2 Å². The molecule has 0 aliphatic heterocycles. The van der Waals surface area contributed by atoms with Crippen LogP contribution in [0, 0.1) is 13.8 Å². The van der Waals surface area contributed by atoms with E-state index in [0.29, 0.717) is 12.8 Å². The van der Waals surface area contributed by atoms with Crippen molar-refractivity contribution in [3.63, 3.8) is 0 Å². The van der Waals surface area contributed by atoms with Gasteiger partial charge in [0.15, 0.2) is 0 Å². The van der Waals surface area contributed by atoms with Gasteiger partial charge in [-0.05, 0) is 64.8 Å². The van der Waals surface area contributed by atoms with Crippen molar-refractivity contribution in [1.29, 1.82) is 0 Å². The van der Waals surface area contributed by atoms with Crippen LogP contribution in [0.3, 0.4) is 0 Å². The molecule has 0 radical (unpaired) electrons. The van der Waals surface area contributed by atoms with Crippen LogP contribution in [0.25, 0.3) is 0 Å². The van der Waals surface area contributed by atoms with E-state index < -0.39 is 20.2 Å². The van der Waals surface area contributed by atoms with E-state index >= 15 is 0 Å². The molecule has 0 saturated heterocycles. The Morgan fingerprint density at radius 3 is 1.03 bits per heavy atom. The summed E-state index contributed by atoms with van der Waals surface area (Å²) in [5.74, 6) is 0. The van der Waals surface area contributed by atoms with Gasteiger partial charge in [-0.2, -0.15) is 16.8 Å². The zero-order valence-corrected chi connectivity index (χ0v) is 19.1. The molecule has 0 fully saturated rings. The smallest absolute Gasteiger partial charge is 0.294 e. The second-order valence-electron chi connectivity index (χ2n) is 6.85. The number of hydrogen-bond donors (Lipinski definition) is 4. The van der Waals surface area contributed by atoms with E-state index in [1.807, 2.05) is 13.8 Å². The summed E-state index contributed by atoms with van der Waals surface area (Å²) in [7, 11) is -8.04. The highest BCUT2D eigenvalue weighted by Gasteiger charge is 2.07. The number of hydrogen-bond acceptors (Lipinski definition) is 6. The van der Waals surface area contributed by atoms with Crippen LogP contribution in [0.15, 0.2) is 58.3 Å². The second kappa shape index (κ2) is 12.8. The number of rotatable bonds is 5. The summed E-state index contributed by atoms with van der Waals surface area (Å²) in [6.45, 7) is 7.13. The molecule has 0 saturated carbocycles. The molecule has 30 heavy (non-hydrogen) atoms. The molecule has 4 N–H and O–H groups in total. The third-order valence-electron chi connectivity index (χ3n) is 3.64. The number of aryl methyl sites for hydroxylation is 2. The van der Waals surface area contributed by atoms with Gasteiger partial charge in [0.2, 0.25) is 0 Å². The van der Waals surface area contributed by atoms with E-state index in [1.54, 1.807) is 38.1 Å². The van der Waals surface area contributed by atoms with Gasteiger partial charge in [-0.25, -0.2) is 0 Å². The highest BCUT2D eigenvalue weighted by atomic mass is 32.2. The fourth-order valence-corrected chi connectivity index (χ4v) is 2.86. The summed E-state index contributed by atoms with van der Waals surface area (Å²) in [5, 5.41) is 17.4. The molecule has 0 aliphatic carbocycles. The van der Waals surface area contributed by atoms with Gasteiger partial charge in [-0.3, -0.25) is 9.11 Å². The first-order valence-electron chi connectivity index (χ1n) is 9.07. The van der Waals surface area contributed by atoms with Crippen LogP contribution in [0.4, 0.5) is 0 Å². The Labute approximate surface area is 178 Å². The molecule has 0 spiro atoms. The fourth-order valence-electron chi connectivity index (χ4n) is 1.90. The minimum absolute atomic E-state index is 0.0666. The summed E-state index contributed by atoms with van der Waals surface area (Å²) >= 11 is 0. The lowest BCUT2D eigenvalue weighted by Crippen LogP contribution is -2.06. The average Bonchev–Trinajstić information content (AvgIpc) is 2.60. The van der Waals surface area contributed by atoms with Gasteiger partial charge in [-0.15, -0.1) is 0 Å². The molecular weight excluding hydrogens is 432 g/mol. The number of aliphatic hydroxyl groups excluding tert-OH is 2. The SMILES string of the molecule is C[C@@H](O)CC[C@@H](C)O.Cc1ccc(S(=O)(=O)O)cc1.Cc1ccc(S(=O)(=O)O)cc1. The summed E-state index contributed by atoms with van der Waals surface area (Å²) in [6.07, 6.45) is 0.837. The standard InChI is InChI=1S/2C7H8O3S.C6H14O2/c2*1-6-2-4-7(5-3-6)11(8,9)10;1-5(7)3-4-6(2)8/h2*2-5H,1H3,(H,8,9,10);5-8H,3-4H2,1-2H3/t;;5-,6-/m..1/s1. The van der Waals surface area contributed by atoms with Crippen molar-refractivity contribution in [2.45, 2.75) is 62.5 Å². The van der Waals surface area contributed by atoms with E-state index in [4.69, 9.17) is 19.3 Å². The van der Waals surface area contributed by atoms with Crippen LogP contribution in [0.5, 0.6) is 0 Å². The van der Waals surface area contributed by atoms with Gasteiger partial charge >= 0.3 is 0 Å². The minimum Gasteiger partial charge on any atom is -0.393 e. The van der Waals surface area contributed by atoms with Crippen LogP contribution in [0.2, 0.25) is 0 Å². The lowest BCUT2D eigenvalue weighted by molar-refractivity contribution is 0.133. The molecule has 0 aliphatic rings. The Morgan fingerprint density at radius 1 is 0.633 bits per heavy atom. The summed E-state index contributed by atoms with van der Waals surface area (Å²) < 4.78 is 59.1. The highest BCUT2D eigenvalue weighted by molar-refractivity contribution is 7.86. The van der Waals surface area contributed by atoms with Gasteiger partial charge in [-0.1, -0.05) is 35.4 Å². The van der Waals surface area contributed by atoms with Gasteiger partial charge in [0.25, 0.3) is 20.2 Å². The molecular formula is C20H30O8S2. The Kier molecular flexibility index (Phi) is 12.0. The summed E-state index contributed by atoms with van der Waals surface area (Å²) in [6, 6.07) is 12.0. The van der Waals surface area contributed by atoms with Crippen molar-refractivity contribution < 1.29 is 36.2 Å². The second-order valence-corrected chi connectivity index (χ2v) is 9.69. The first-order chi connectivity index (χ1) is 13.6. The molecule has 2 aromatic rings. The van der Waals surface area contributed by atoms with E-state index in [-0.39, 0.29) is 22.0 Å². The minimum atomic E-state index is -4.02. The van der Waals surface area contributed by atoms with Crippen molar-refractivity contribution in [3.8, 4) is 0 Å². The van der Waals surface area contributed by atoms with E-state index in [1.165, 1.54) is 24.3 Å². The van der Waals surface area contributed by atoms with Crippen molar-refractivity contribution in [1.82, 2.24) is 0 Å². The molecule has 170 valence electrons. The van der Waals surface area contributed by atoms with E-state index in [9.17, 15) is 16.8 Å². The van der Waals surface area contributed by atoms with E-state index in [0.717, 1.165) is 11.1 Å². The van der Waals surface area contributed by atoms with Crippen LogP contribution in [0.1, 0.15) is 37.8 Å². The van der Waals surface area contributed by atoms with Crippen LogP contribution < -0.4 is 0 Å². The quantitative estimate of drug-likeness (QED) is 0.495. The maximum atomic E-state index is 10.5. The van der Waals surface area contributed by atoms with Gasteiger partial charge in [0, 0.05) is 0 Å². The van der Waals surface area contributed by atoms with Crippen molar-refractivity contribution >= 4 is 20.2 Å². The average molecular weight is 463 g/mol. The third-order valence-corrected chi connectivity index (χ3v) is 5.38. The van der Waals surface area contributed by atoms with Gasteiger partial charge in [0.1, 0.15) is 0 Å². The van der Waals surface area contributed by atoms with Crippen LogP contribution in [-0.2, 0) is 20.2 Å². The lowest BCUT2D eigenvalue weighted by Gasteiger charge is -2.04. The van der Waals surface area contributed by atoms with Crippen LogP contribution in [-0.4, -0.2) is 48.4 Å². The molecule has 0 bridgehead atoms. The first-order valence-corrected chi connectivity index (χ1v) is 12.0. The predicted octanol–water partition coefficient (Wildman–Crippen LogP) is 3.01. The third kappa shape index (κ3) is 13.4.